The summed E-state index contributed by atoms with van der Waals surface area (Å²) in [5.41, 5.74) is 6.59. The molecule has 1 unspecified atom stereocenters. The highest BCUT2D eigenvalue weighted by atomic mass is 16.5. The number of hydrogen-bond acceptors (Lipinski definition) is 8. The Hall–Kier alpha value is -4.09. The maximum absolute atomic E-state index is 13.6. The summed E-state index contributed by atoms with van der Waals surface area (Å²) in [4.78, 5) is 37.5. The Morgan fingerprint density at radius 2 is 2.10 bits per heavy atom. The van der Waals surface area contributed by atoms with Crippen LogP contribution in [0.1, 0.15) is 63.0 Å². The predicted octanol–water partition coefficient (Wildman–Crippen LogP) is 2.83. The summed E-state index contributed by atoms with van der Waals surface area (Å²) in [7, 11) is 1.63. The number of nitrogens with one attached hydrogen (secondary N) is 2. The lowest BCUT2D eigenvalue weighted by molar-refractivity contribution is -0.115. The van der Waals surface area contributed by atoms with E-state index in [1.54, 1.807) is 36.6 Å². The number of hydrogen-bond donors (Lipinski definition) is 3. The van der Waals surface area contributed by atoms with E-state index in [0.29, 0.717) is 53.6 Å². The number of ketones is 1. The van der Waals surface area contributed by atoms with Crippen LogP contribution in [0.5, 0.6) is 0 Å². The average molecular weight is 544 g/mol. The number of rotatable bonds is 8. The molecular formula is C29H33N7O4. The molecule has 1 amide bonds. The molecule has 40 heavy (non-hydrogen) atoms. The molecular weight excluding hydrogens is 510 g/mol. The van der Waals surface area contributed by atoms with E-state index in [1.807, 2.05) is 13.0 Å². The number of fused-ring (bicyclic) bond motifs is 3. The fourth-order valence-corrected chi connectivity index (χ4v) is 5.93. The number of H-pyrrole nitrogens is 1. The SMILES string of the molecule is COCc1[nH]nc(NCC2=CC(=O)C(c3ccnc(N4CCc5c(cc6n5CCCC6)C4=O)c3CO)N=C2)c1C. The van der Waals surface area contributed by atoms with Gasteiger partial charge in [0.25, 0.3) is 5.91 Å². The Kier molecular flexibility index (Phi) is 7.07. The molecule has 11 nitrogen and oxygen atoms in total. The number of anilines is 2. The molecule has 6 rings (SSSR count). The van der Waals surface area contributed by atoms with Crippen molar-refractivity contribution in [3.05, 3.63) is 69.3 Å². The van der Waals surface area contributed by atoms with Crippen LogP contribution < -0.4 is 10.2 Å². The predicted molar refractivity (Wildman–Crippen MR) is 150 cm³/mol. The third-order valence-electron chi connectivity index (χ3n) is 8.03. The molecule has 3 aromatic rings. The van der Waals surface area contributed by atoms with Crippen LogP contribution in [0.3, 0.4) is 0 Å². The van der Waals surface area contributed by atoms with Crippen molar-refractivity contribution in [3.8, 4) is 0 Å². The molecule has 0 aliphatic carbocycles. The van der Waals surface area contributed by atoms with E-state index in [-0.39, 0.29) is 18.3 Å². The van der Waals surface area contributed by atoms with E-state index in [1.165, 1.54) is 5.69 Å². The second-order valence-corrected chi connectivity index (χ2v) is 10.4. The number of aliphatic hydroxyl groups excluding tert-OH is 1. The van der Waals surface area contributed by atoms with Crippen molar-refractivity contribution in [1.82, 2.24) is 19.7 Å². The van der Waals surface area contributed by atoms with Crippen LogP contribution in [0, 0.1) is 6.92 Å². The van der Waals surface area contributed by atoms with Crippen LogP contribution in [0.25, 0.3) is 0 Å². The van der Waals surface area contributed by atoms with Gasteiger partial charge in [-0.2, -0.15) is 5.10 Å². The van der Waals surface area contributed by atoms with Crippen LogP contribution in [-0.4, -0.2) is 63.0 Å². The number of aryl methyl sites for hydroxylation is 1. The van der Waals surface area contributed by atoms with Crippen LogP contribution in [0.2, 0.25) is 0 Å². The summed E-state index contributed by atoms with van der Waals surface area (Å²) < 4.78 is 7.46. The number of aromatic nitrogens is 4. The molecule has 208 valence electrons. The van der Waals surface area contributed by atoms with Crippen molar-refractivity contribution < 1.29 is 19.4 Å². The molecule has 3 aliphatic heterocycles. The van der Waals surface area contributed by atoms with Crippen molar-refractivity contribution >= 4 is 29.5 Å². The van der Waals surface area contributed by atoms with Crippen molar-refractivity contribution in [1.29, 1.82) is 0 Å². The van der Waals surface area contributed by atoms with Crippen LogP contribution in [0.4, 0.5) is 11.6 Å². The molecule has 1 atom stereocenters. The number of methoxy groups -OCH3 is 1. The number of aromatic amines is 1. The van der Waals surface area contributed by atoms with Crippen molar-refractivity contribution in [3.63, 3.8) is 0 Å². The van der Waals surface area contributed by atoms with Gasteiger partial charge in [0.2, 0.25) is 0 Å². The molecule has 0 fully saturated rings. The fourth-order valence-electron chi connectivity index (χ4n) is 5.93. The molecule has 6 heterocycles. The van der Waals surface area contributed by atoms with Gasteiger partial charge < -0.3 is 19.7 Å². The third kappa shape index (κ3) is 4.54. The normalized spacial score (nSPS) is 18.5. The zero-order valence-electron chi connectivity index (χ0n) is 22.7. The Morgan fingerprint density at radius 1 is 1.23 bits per heavy atom. The number of nitrogens with zero attached hydrogens (tertiary/aromatic N) is 5. The summed E-state index contributed by atoms with van der Waals surface area (Å²) in [6.07, 6.45) is 8.79. The van der Waals surface area contributed by atoms with Crippen molar-refractivity contribution in [2.75, 3.05) is 30.4 Å². The van der Waals surface area contributed by atoms with Gasteiger partial charge in [-0.25, -0.2) is 4.98 Å². The van der Waals surface area contributed by atoms with E-state index in [4.69, 9.17) is 4.74 Å². The third-order valence-corrected chi connectivity index (χ3v) is 8.03. The summed E-state index contributed by atoms with van der Waals surface area (Å²) in [5.74, 6) is 0.768. The van der Waals surface area contributed by atoms with E-state index >= 15 is 0 Å². The van der Waals surface area contributed by atoms with Crippen molar-refractivity contribution in [2.24, 2.45) is 4.99 Å². The van der Waals surface area contributed by atoms with Gasteiger partial charge in [0.05, 0.1) is 24.5 Å². The summed E-state index contributed by atoms with van der Waals surface area (Å²) in [5, 5.41) is 20.9. The minimum Gasteiger partial charge on any atom is -0.392 e. The molecule has 0 radical (unpaired) electrons. The summed E-state index contributed by atoms with van der Waals surface area (Å²) in [6, 6.07) is 2.90. The van der Waals surface area contributed by atoms with Gasteiger partial charge in [-0.1, -0.05) is 0 Å². The summed E-state index contributed by atoms with van der Waals surface area (Å²) >= 11 is 0. The molecule has 0 aromatic carbocycles. The number of pyridine rings is 1. The first kappa shape index (κ1) is 26.1. The molecule has 0 bridgehead atoms. The first-order valence-electron chi connectivity index (χ1n) is 13.7. The zero-order valence-corrected chi connectivity index (χ0v) is 22.7. The van der Waals surface area contributed by atoms with Crippen LogP contribution in [-0.2, 0) is 42.1 Å². The quantitative estimate of drug-likeness (QED) is 0.397. The number of amides is 1. The van der Waals surface area contributed by atoms with Gasteiger partial charge in [-0.15, -0.1) is 0 Å². The lowest BCUT2D eigenvalue weighted by Crippen LogP contribution is -2.39. The zero-order chi connectivity index (χ0) is 27.8. The molecule has 0 spiro atoms. The number of dihydropyridines is 1. The Morgan fingerprint density at radius 3 is 2.90 bits per heavy atom. The monoisotopic (exact) mass is 543 g/mol. The molecule has 3 aliphatic rings. The van der Waals surface area contributed by atoms with Crippen molar-refractivity contribution in [2.45, 2.75) is 58.4 Å². The number of ether oxygens (including phenoxy) is 1. The molecule has 0 saturated carbocycles. The maximum atomic E-state index is 13.6. The minimum atomic E-state index is -0.815. The largest absolute Gasteiger partial charge is 0.392 e. The lowest BCUT2D eigenvalue weighted by atomic mass is 9.95. The standard InChI is InChI=1S/C29H33N7O4/c1-17-23(16-40-2)33-34-27(17)32-14-18-11-25(38)26(31-13-18)20-6-8-30-28(22(20)15-37)36-10-7-24-21(29(36)39)12-19-5-3-4-9-35(19)24/h6,8,11-13,26,37H,3-5,7,9-10,14-16H2,1-2H3,(H2,32,33,34). The van der Waals surface area contributed by atoms with Gasteiger partial charge in [0, 0.05) is 68.1 Å². The molecule has 0 saturated heterocycles. The van der Waals surface area contributed by atoms with E-state index in [2.05, 4.69) is 30.1 Å². The van der Waals surface area contributed by atoms with Gasteiger partial charge >= 0.3 is 0 Å². The van der Waals surface area contributed by atoms with Crippen LogP contribution in [0.15, 0.2) is 35.0 Å². The second-order valence-electron chi connectivity index (χ2n) is 10.4. The fraction of sp³-hybridized carbons (Fsp3) is 0.414. The van der Waals surface area contributed by atoms with E-state index in [9.17, 15) is 14.7 Å². The smallest absolute Gasteiger partial charge is 0.261 e. The minimum absolute atomic E-state index is 0.114. The Bertz CT molecular complexity index is 1530. The van der Waals surface area contributed by atoms with Crippen LogP contribution >= 0.6 is 0 Å². The van der Waals surface area contributed by atoms with Gasteiger partial charge in [0.1, 0.15) is 11.9 Å². The number of carbonyl (C=O) groups excluding carboxylic acids is 2. The maximum Gasteiger partial charge on any atom is 0.261 e. The summed E-state index contributed by atoms with van der Waals surface area (Å²) in [6.45, 7) is 3.82. The second kappa shape index (κ2) is 10.8. The van der Waals surface area contributed by atoms with E-state index in [0.717, 1.165) is 49.2 Å². The number of aliphatic hydroxyl groups is 1. The molecule has 3 aromatic heterocycles. The highest BCUT2D eigenvalue weighted by molar-refractivity contribution is 6.08. The average Bonchev–Trinajstić information content (AvgIpc) is 3.52. The molecule has 3 N–H and O–H groups in total. The first-order valence-corrected chi connectivity index (χ1v) is 13.7. The topological polar surface area (TPSA) is 138 Å². The highest BCUT2D eigenvalue weighted by Crippen LogP contribution is 2.34. The number of aliphatic imine (C=N–C) groups is 1. The van der Waals surface area contributed by atoms with E-state index < -0.39 is 6.04 Å². The highest BCUT2D eigenvalue weighted by Gasteiger charge is 2.34. The lowest BCUT2D eigenvalue weighted by Gasteiger charge is -2.30. The van der Waals surface area contributed by atoms with Gasteiger partial charge in [0.15, 0.2) is 11.6 Å². The Labute approximate surface area is 232 Å². The Balaban J connectivity index is 1.21. The number of carbonyl (C=O) groups is 2. The first-order chi connectivity index (χ1) is 19.5. The molecule has 11 heteroatoms. The van der Waals surface area contributed by atoms with Gasteiger partial charge in [-0.05, 0) is 55.5 Å². The van der Waals surface area contributed by atoms with Gasteiger partial charge in [-0.3, -0.25) is 24.6 Å².